The van der Waals surface area contributed by atoms with Crippen LogP contribution in [0.1, 0.15) is 37.9 Å². The fourth-order valence-electron chi connectivity index (χ4n) is 2.89. The highest BCUT2D eigenvalue weighted by Gasteiger charge is 2.26. The van der Waals surface area contributed by atoms with E-state index in [-0.39, 0.29) is 5.92 Å². The highest BCUT2D eigenvalue weighted by molar-refractivity contribution is 4.92. The highest BCUT2D eigenvalue weighted by atomic mass is 16.5. The van der Waals surface area contributed by atoms with Gasteiger partial charge < -0.3 is 4.52 Å². The number of likely N-dealkylation sites (tertiary alicyclic amines) is 1. The molecule has 8 nitrogen and oxygen atoms in total. The summed E-state index contributed by atoms with van der Waals surface area (Å²) in [5.41, 5.74) is 0. The van der Waals surface area contributed by atoms with E-state index in [1.165, 1.54) is 6.42 Å². The van der Waals surface area contributed by atoms with Crippen LogP contribution in [0.2, 0.25) is 0 Å². The van der Waals surface area contributed by atoms with E-state index in [0.717, 1.165) is 38.5 Å². The highest BCUT2D eigenvalue weighted by Crippen LogP contribution is 2.17. The third-order valence-electron chi connectivity index (χ3n) is 4.35. The Labute approximate surface area is 136 Å². The van der Waals surface area contributed by atoms with Crippen molar-refractivity contribution in [1.29, 1.82) is 0 Å². The van der Waals surface area contributed by atoms with E-state index >= 15 is 0 Å². The van der Waals surface area contributed by atoms with Crippen molar-refractivity contribution in [3.8, 4) is 0 Å². The lowest BCUT2D eigenvalue weighted by Crippen LogP contribution is -2.35. The van der Waals surface area contributed by atoms with Crippen LogP contribution in [0.4, 0.5) is 0 Å². The van der Waals surface area contributed by atoms with Crippen LogP contribution in [0.3, 0.4) is 0 Å². The first-order chi connectivity index (χ1) is 11.1. The molecule has 0 bridgehead atoms. The van der Waals surface area contributed by atoms with E-state index in [1.807, 2.05) is 4.68 Å². The summed E-state index contributed by atoms with van der Waals surface area (Å²) in [6.07, 6.45) is 4.52. The van der Waals surface area contributed by atoms with Crippen molar-refractivity contribution in [1.82, 2.24) is 34.7 Å². The molecule has 0 saturated carbocycles. The third-order valence-corrected chi connectivity index (χ3v) is 4.35. The quantitative estimate of drug-likeness (QED) is 0.753. The lowest BCUT2D eigenvalue weighted by atomic mass is 10.2. The first kappa shape index (κ1) is 16.1. The standard InChI is InChI=1S/C15H25N7O/c1-12(2)15-18-14(19-23-15)9-20(3)13-4-5-21(8-13)6-7-22-11-16-10-17-22/h10-13H,4-9H2,1-3H3/t13-/m0/s1. The molecule has 0 N–H and O–H groups in total. The number of nitrogens with zero attached hydrogens (tertiary/aromatic N) is 7. The molecule has 1 aliphatic heterocycles. The maximum Gasteiger partial charge on any atom is 0.229 e. The van der Waals surface area contributed by atoms with Gasteiger partial charge in [-0.05, 0) is 20.0 Å². The number of hydrogen-bond donors (Lipinski definition) is 0. The predicted octanol–water partition coefficient (Wildman–Crippen LogP) is 0.991. The number of aromatic nitrogens is 5. The van der Waals surface area contributed by atoms with Crippen molar-refractivity contribution in [2.24, 2.45) is 0 Å². The monoisotopic (exact) mass is 319 g/mol. The van der Waals surface area contributed by atoms with Crippen molar-refractivity contribution >= 4 is 0 Å². The fourth-order valence-corrected chi connectivity index (χ4v) is 2.89. The van der Waals surface area contributed by atoms with Crippen LogP contribution in [-0.4, -0.2) is 67.4 Å². The largest absolute Gasteiger partial charge is 0.339 e. The molecule has 0 amide bonds. The maximum absolute atomic E-state index is 5.28. The Kier molecular flexibility index (Phi) is 5.02. The van der Waals surface area contributed by atoms with Crippen LogP contribution in [0.5, 0.6) is 0 Å². The smallest absolute Gasteiger partial charge is 0.229 e. The normalized spacial score (nSPS) is 19.3. The average Bonchev–Trinajstić information content (AvgIpc) is 3.26. The van der Waals surface area contributed by atoms with Gasteiger partial charge in [-0.15, -0.1) is 0 Å². The molecule has 0 aliphatic carbocycles. The molecule has 1 saturated heterocycles. The van der Waals surface area contributed by atoms with E-state index in [0.29, 0.717) is 11.9 Å². The maximum atomic E-state index is 5.28. The van der Waals surface area contributed by atoms with Gasteiger partial charge in [0.05, 0.1) is 13.1 Å². The second-order valence-corrected chi connectivity index (χ2v) is 6.52. The van der Waals surface area contributed by atoms with Crippen molar-refractivity contribution in [3.63, 3.8) is 0 Å². The second-order valence-electron chi connectivity index (χ2n) is 6.52. The molecule has 126 valence electrons. The molecule has 1 atom stereocenters. The van der Waals surface area contributed by atoms with Gasteiger partial charge in [0.25, 0.3) is 0 Å². The molecule has 2 aromatic heterocycles. The molecular formula is C15H25N7O. The summed E-state index contributed by atoms with van der Waals surface area (Å²) in [7, 11) is 2.14. The molecule has 8 heteroatoms. The van der Waals surface area contributed by atoms with Crippen LogP contribution in [0.25, 0.3) is 0 Å². The molecule has 3 rings (SSSR count). The lowest BCUT2D eigenvalue weighted by Gasteiger charge is -2.23. The number of rotatable bonds is 7. The lowest BCUT2D eigenvalue weighted by molar-refractivity contribution is 0.215. The Hall–Kier alpha value is -1.80. The number of likely N-dealkylation sites (N-methyl/N-ethyl adjacent to an activating group) is 1. The molecule has 0 aromatic carbocycles. The van der Waals surface area contributed by atoms with Gasteiger partial charge >= 0.3 is 0 Å². The molecular weight excluding hydrogens is 294 g/mol. The topological polar surface area (TPSA) is 76.1 Å². The van der Waals surface area contributed by atoms with E-state index in [1.54, 1.807) is 12.7 Å². The summed E-state index contributed by atoms with van der Waals surface area (Å²) in [4.78, 5) is 13.2. The van der Waals surface area contributed by atoms with Gasteiger partial charge in [0.1, 0.15) is 12.7 Å². The van der Waals surface area contributed by atoms with Crippen LogP contribution >= 0.6 is 0 Å². The Morgan fingerprint density at radius 3 is 2.96 bits per heavy atom. The van der Waals surface area contributed by atoms with Crippen molar-refractivity contribution in [2.75, 3.05) is 26.7 Å². The molecule has 3 heterocycles. The van der Waals surface area contributed by atoms with Gasteiger partial charge in [-0.25, -0.2) is 4.98 Å². The minimum Gasteiger partial charge on any atom is -0.339 e. The van der Waals surface area contributed by atoms with Crippen molar-refractivity contribution in [2.45, 2.75) is 45.3 Å². The van der Waals surface area contributed by atoms with Crippen LogP contribution in [0.15, 0.2) is 17.2 Å². The summed E-state index contributed by atoms with van der Waals surface area (Å²) in [5, 5.41) is 8.22. The minimum absolute atomic E-state index is 0.278. The number of hydrogen-bond acceptors (Lipinski definition) is 7. The first-order valence-corrected chi connectivity index (χ1v) is 8.19. The van der Waals surface area contributed by atoms with Crippen LogP contribution < -0.4 is 0 Å². The SMILES string of the molecule is CC(C)c1nc(CN(C)[C@H]2CCN(CCn3cncn3)C2)no1. The Morgan fingerprint density at radius 2 is 2.26 bits per heavy atom. The molecule has 1 fully saturated rings. The van der Waals surface area contributed by atoms with Gasteiger partial charge in [-0.3, -0.25) is 14.5 Å². The zero-order valence-electron chi connectivity index (χ0n) is 14.1. The van der Waals surface area contributed by atoms with Crippen molar-refractivity contribution in [3.05, 3.63) is 24.4 Å². The zero-order chi connectivity index (χ0) is 16.2. The van der Waals surface area contributed by atoms with E-state index in [4.69, 9.17) is 4.52 Å². The summed E-state index contributed by atoms with van der Waals surface area (Å²) < 4.78 is 7.16. The minimum atomic E-state index is 0.278. The second kappa shape index (κ2) is 7.18. The first-order valence-electron chi connectivity index (χ1n) is 8.19. The molecule has 0 spiro atoms. The van der Waals surface area contributed by atoms with Gasteiger partial charge in [-0.1, -0.05) is 19.0 Å². The van der Waals surface area contributed by atoms with Gasteiger partial charge in [-0.2, -0.15) is 10.1 Å². The van der Waals surface area contributed by atoms with Crippen LogP contribution in [-0.2, 0) is 13.1 Å². The summed E-state index contributed by atoms with van der Waals surface area (Å²) in [6.45, 7) is 8.94. The molecule has 2 aromatic rings. The van der Waals surface area contributed by atoms with Gasteiger partial charge in [0, 0.05) is 25.0 Å². The van der Waals surface area contributed by atoms with Crippen LogP contribution in [0, 0.1) is 0 Å². The Morgan fingerprint density at radius 1 is 1.39 bits per heavy atom. The van der Waals surface area contributed by atoms with Gasteiger partial charge in [0.2, 0.25) is 5.89 Å². The Bertz CT molecular complexity index is 595. The third kappa shape index (κ3) is 4.14. The molecule has 23 heavy (non-hydrogen) atoms. The summed E-state index contributed by atoms with van der Waals surface area (Å²) >= 11 is 0. The van der Waals surface area contributed by atoms with Crippen molar-refractivity contribution < 1.29 is 4.52 Å². The Balaban J connectivity index is 1.45. The van der Waals surface area contributed by atoms with E-state index < -0.39 is 0 Å². The molecule has 1 aliphatic rings. The molecule has 0 radical (unpaired) electrons. The molecule has 0 unspecified atom stereocenters. The average molecular weight is 319 g/mol. The van der Waals surface area contributed by atoms with E-state index in [9.17, 15) is 0 Å². The fraction of sp³-hybridized carbons (Fsp3) is 0.733. The summed E-state index contributed by atoms with van der Waals surface area (Å²) in [5.74, 6) is 1.77. The van der Waals surface area contributed by atoms with E-state index in [2.05, 4.69) is 50.9 Å². The predicted molar refractivity (Wildman–Crippen MR) is 84.7 cm³/mol. The summed E-state index contributed by atoms with van der Waals surface area (Å²) in [6, 6.07) is 0.534. The zero-order valence-corrected chi connectivity index (χ0v) is 14.1. The van der Waals surface area contributed by atoms with Gasteiger partial charge in [0.15, 0.2) is 5.82 Å².